The maximum Gasteiger partial charge on any atom is 0.109 e. The third kappa shape index (κ3) is 6.36. The lowest BCUT2D eigenvalue weighted by molar-refractivity contribution is -0.170. The number of aliphatic hydroxyl groups is 2. The summed E-state index contributed by atoms with van der Waals surface area (Å²) in [6.45, 7) is 4.89. The molecule has 158 valence electrons. The van der Waals surface area contributed by atoms with Crippen molar-refractivity contribution in [2.24, 2.45) is 0 Å². The first-order valence-electron chi connectivity index (χ1n) is 10.6. The van der Waals surface area contributed by atoms with E-state index >= 15 is 0 Å². The van der Waals surface area contributed by atoms with Gasteiger partial charge in [-0.1, -0.05) is 74.0 Å². The van der Waals surface area contributed by atoms with E-state index in [1.54, 1.807) is 0 Å². The van der Waals surface area contributed by atoms with Crippen LogP contribution in [0.1, 0.15) is 30.9 Å². The van der Waals surface area contributed by atoms with Crippen molar-refractivity contribution >= 4 is 0 Å². The highest BCUT2D eigenvalue weighted by molar-refractivity contribution is 5.14. The molecule has 2 N–H and O–H groups in total. The molecule has 0 amide bonds. The van der Waals surface area contributed by atoms with Gasteiger partial charge in [0, 0.05) is 6.54 Å². The van der Waals surface area contributed by atoms with Gasteiger partial charge >= 0.3 is 0 Å². The second-order valence-electron chi connectivity index (χ2n) is 7.73. The summed E-state index contributed by atoms with van der Waals surface area (Å²) in [6.07, 6.45) is -0.155. The predicted octanol–water partition coefficient (Wildman–Crippen LogP) is 2.99. The van der Waals surface area contributed by atoms with Gasteiger partial charge in [-0.15, -0.1) is 0 Å². The van der Waals surface area contributed by atoms with Crippen molar-refractivity contribution in [3.63, 3.8) is 0 Å². The molecule has 0 aromatic heterocycles. The Labute approximate surface area is 173 Å². The van der Waals surface area contributed by atoms with Crippen LogP contribution in [0.2, 0.25) is 0 Å². The number of unbranched alkanes of at least 4 members (excludes halogenated alkanes) is 1. The number of aliphatic hydroxyl groups excluding tert-OH is 2. The molecule has 1 fully saturated rings. The smallest absolute Gasteiger partial charge is 0.109 e. The summed E-state index contributed by atoms with van der Waals surface area (Å²) >= 11 is 0. The molecule has 4 atom stereocenters. The summed E-state index contributed by atoms with van der Waals surface area (Å²) < 4.78 is 11.9. The number of benzene rings is 2. The Morgan fingerprint density at radius 1 is 0.897 bits per heavy atom. The number of piperidine rings is 1. The monoisotopic (exact) mass is 399 g/mol. The molecule has 1 aliphatic heterocycles. The van der Waals surface area contributed by atoms with E-state index in [2.05, 4.69) is 11.8 Å². The summed E-state index contributed by atoms with van der Waals surface area (Å²) in [4.78, 5) is 2.21. The first kappa shape index (κ1) is 21.9. The van der Waals surface area contributed by atoms with Crippen molar-refractivity contribution in [1.82, 2.24) is 4.90 Å². The maximum atomic E-state index is 10.8. The number of likely N-dealkylation sites (tertiary alicyclic amines) is 1. The number of hydrogen-bond acceptors (Lipinski definition) is 5. The van der Waals surface area contributed by atoms with Gasteiger partial charge in [0.25, 0.3) is 0 Å². The van der Waals surface area contributed by atoms with Crippen LogP contribution in [0.4, 0.5) is 0 Å². The van der Waals surface area contributed by atoms with Gasteiger partial charge in [-0.2, -0.15) is 0 Å². The Bertz CT molecular complexity index is 697. The fourth-order valence-corrected chi connectivity index (χ4v) is 3.76. The van der Waals surface area contributed by atoms with E-state index in [4.69, 9.17) is 9.47 Å². The molecule has 5 heteroatoms. The van der Waals surface area contributed by atoms with Gasteiger partial charge in [0.2, 0.25) is 0 Å². The highest BCUT2D eigenvalue weighted by Gasteiger charge is 2.42. The lowest BCUT2D eigenvalue weighted by Crippen LogP contribution is -2.63. The van der Waals surface area contributed by atoms with Crippen molar-refractivity contribution in [3.05, 3.63) is 71.8 Å². The number of hydrogen-bond donors (Lipinski definition) is 2. The second kappa shape index (κ2) is 11.4. The first-order chi connectivity index (χ1) is 14.2. The van der Waals surface area contributed by atoms with E-state index in [1.165, 1.54) is 0 Å². The van der Waals surface area contributed by atoms with Crippen molar-refractivity contribution < 1.29 is 19.7 Å². The van der Waals surface area contributed by atoms with E-state index in [1.807, 2.05) is 60.7 Å². The van der Waals surface area contributed by atoms with E-state index in [9.17, 15) is 10.2 Å². The molecule has 5 nitrogen and oxygen atoms in total. The molecule has 29 heavy (non-hydrogen) atoms. The molecule has 3 rings (SSSR count). The molecule has 2 unspecified atom stereocenters. The van der Waals surface area contributed by atoms with Gasteiger partial charge < -0.3 is 19.7 Å². The molecule has 0 bridgehead atoms. The number of nitrogens with zero attached hydrogens (tertiary/aromatic N) is 1. The fraction of sp³-hybridized carbons (Fsp3) is 0.500. The van der Waals surface area contributed by atoms with Crippen LogP contribution in [0.15, 0.2) is 60.7 Å². The Morgan fingerprint density at radius 3 is 2.14 bits per heavy atom. The van der Waals surface area contributed by atoms with Crippen LogP contribution in [0.25, 0.3) is 0 Å². The van der Waals surface area contributed by atoms with Crippen molar-refractivity contribution in [3.8, 4) is 0 Å². The Balaban J connectivity index is 1.58. The number of rotatable bonds is 10. The molecule has 0 aliphatic carbocycles. The first-order valence-corrected chi connectivity index (χ1v) is 10.6. The van der Waals surface area contributed by atoms with Crippen LogP contribution in [-0.4, -0.2) is 59.2 Å². The largest absolute Gasteiger partial charge is 0.389 e. The zero-order valence-electron chi connectivity index (χ0n) is 17.2. The summed E-state index contributed by atoms with van der Waals surface area (Å²) in [5, 5.41) is 21.5. The summed E-state index contributed by atoms with van der Waals surface area (Å²) in [7, 11) is 0. The van der Waals surface area contributed by atoms with Crippen LogP contribution in [-0.2, 0) is 22.7 Å². The SMILES string of the molecule is CCCCN1CC(OCc2ccccc2)[C@H](O)[C@H](O)C1COCc1ccccc1. The highest BCUT2D eigenvalue weighted by atomic mass is 16.5. The molecular formula is C24H33NO4. The van der Waals surface area contributed by atoms with Gasteiger partial charge in [0.05, 0.1) is 32.0 Å². The lowest BCUT2D eigenvalue weighted by Gasteiger charge is -2.45. The topological polar surface area (TPSA) is 62.2 Å². The van der Waals surface area contributed by atoms with Gasteiger partial charge in [0.1, 0.15) is 12.2 Å². The van der Waals surface area contributed by atoms with Gasteiger partial charge in [0.15, 0.2) is 0 Å². The Morgan fingerprint density at radius 2 is 1.52 bits per heavy atom. The van der Waals surface area contributed by atoms with Gasteiger partial charge in [-0.05, 0) is 24.1 Å². The summed E-state index contributed by atoms with van der Waals surface area (Å²) in [6, 6.07) is 19.7. The second-order valence-corrected chi connectivity index (χ2v) is 7.73. The number of ether oxygens (including phenoxy) is 2. The molecule has 2 aromatic carbocycles. The van der Waals surface area contributed by atoms with Crippen molar-refractivity contribution in [1.29, 1.82) is 0 Å². The fourth-order valence-electron chi connectivity index (χ4n) is 3.76. The van der Waals surface area contributed by atoms with E-state index in [0.717, 1.165) is 30.5 Å². The molecule has 1 heterocycles. The average Bonchev–Trinajstić information content (AvgIpc) is 2.76. The minimum absolute atomic E-state index is 0.239. The van der Waals surface area contributed by atoms with Crippen molar-refractivity contribution in [2.75, 3.05) is 19.7 Å². The summed E-state index contributed by atoms with van der Waals surface area (Å²) in [5.41, 5.74) is 2.16. The molecular weight excluding hydrogens is 366 g/mol. The lowest BCUT2D eigenvalue weighted by atomic mass is 9.93. The Kier molecular flexibility index (Phi) is 8.65. The van der Waals surface area contributed by atoms with Crippen LogP contribution in [0.5, 0.6) is 0 Å². The standard InChI is InChI=1S/C24H33NO4/c1-2-3-14-25-15-22(29-17-20-12-8-5-9-13-20)24(27)23(26)21(25)18-28-16-19-10-6-4-7-11-19/h4-13,21-24,26-27H,2-3,14-18H2,1H3/t21?,22?,23-,24+/m1/s1. The van der Waals surface area contributed by atoms with Crippen molar-refractivity contribution in [2.45, 2.75) is 57.3 Å². The van der Waals surface area contributed by atoms with Gasteiger partial charge in [-0.25, -0.2) is 0 Å². The quantitative estimate of drug-likeness (QED) is 0.643. The molecule has 1 aliphatic rings. The third-order valence-electron chi connectivity index (χ3n) is 5.51. The molecule has 0 saturated carbocycles. The average molecular weight is 400 g/mol. The zero-order chi connectivity index (χ0) is 20.5. The van der Waals surface area contributed by atoms with Crippen LogP contribution < -0.4 is 0 Å². The van der Waals surface area contributed by atoms with E-state index in [-0.39, 0.29) is 6.04 Å². The molecule has 0 spiro atoms. The van der Waals surface area contributed by atoms with E-state index < -0.39 is 18.3 Å². The van der Waals surface area contributed by atoms with Crippen LogP contribution in [0, 0.1) is 0 Å². The third-order valence-corrected chi connectivity index (χ3v) is 5.51. The predicted molar refractivity (Wildman–Crippen MR) is 113 cm³/mol. The molecule has 2 aromatic rings. The Hall–Kier alpha value is -1.76. The summed E-state index contributed by atoms with van der Waals surface area (Å²) in [5.74, 6) is 0. The van der Waals surface area contributed by atoms with E-state index in [0.29, 0.717) is 26.4 Å². The molecule has 1 saturated heterocycles. The normalized spacial score (nSPS) is 25.2. The zero-order valence-corrected chi connectivity index (χ0v) is 17.2. The highest BCUT2D eigenvalue weighted by Crippen LogP contribution is 2.23. The molecule has 0 radical (unpaired) electrons. The minimum atomic E-state index is -0.929. The minimum Gasteiger partial charge on any atom is -0.389 e. The van der Waals surface area contributed by atoms with Crippen LogP contribution >= 0.6 is 0 Å². The maximum absolute atomic E-state index is 10.8. The van der Waals surface area contributed by atoms with Crippen LogP contribution in [0.3, 0.4) is 0 Å². The van der Waals surface area contributed by atoms with Gasteiger partial charge in [-0.3, -0.25) is 4.90 Å².